The van der Waals surface area contributed by atoms with Crippen molar-refractivity contribution in [3.8, 4) is 0 Å². The van der Waals surface area contributed by atoms with Crippen molar-refractivity contribution in [1.82, 2.24) is 4.90 Å². The Hall–Kier alpha value is -3.16. The fourth-order valence-corrected chi connectivity index (χ4v) is 2.45. The van der Waals surface area contributed by atoms with Crippen molar-refractivity contribution in [2.24, 2.45) is 0 Å². The highest BCUT2D eigenvalue weighted by Crippen LogP contribution is 2.31. The average molecular weight is 318 g/mol. The Labute approximate surface area is 128 Å². The van der Waals surface area contributed by atoms with Crippen molar-refractivity contribution in [3.05, 3.63) is 74.8 Å². The maximum atomic E-state index is 13.7. The molecule has 0 radical (unpaired) electrons. The molecule has 1 heterocycles. The van der Waals surface area contributed by atoms with Crippen LogP contribution in [0.4, 0.5) is 14.5 Å². The van der Waals surface area contributed by atoms with E-state index in [9.17, 15) is 28.5 Å². The van der Waals surface area contributed by atoms with Gasteiger partial charge in [-0.3, -0.25) is 24.6 Å². The molecular formula is C15H8F2N2O4. The summed E-state index contributed by atoms with van der Waals surface area (Å²) in [5, 5.41) is 11.0. The van der Waals surface area contributed by atoms with Crippen LogP contribution in [0.15, 0.2) is 36.4 Å². The second-order valence-electron chi connectivity index (χ2n) is 4.87. The second kappa shape index (κ2) is 5.24. The molecule has 0 unspecified atom stereocenters. The van der Waals surface area contributed by atoms with Gasteiger partial charge in [0.25, 0.3) is 17.5 Å². The number of rotatable bonds is 3. The summed E-state index contributed by atoms with van der Waals surface area (Å²) in [5.41, 5.74) is -1.15. The number of hydrogen-bond donors (Lipinski definition) is 0. The Morgan fingerprint density at radius 2 is 1.74 bits per heavy atom. The summed E-state index contributed by atoms with van der Waals surface area (Å²) in [7, 11) is 0. The molecule has 2 aromatic carbocycles. The maximum Gasteiger partial charge on any atom is 0.282 e. The molecule has 0 saturated carbocycles. The minimum Gasteiger partial charge on any atom is -0.270 e. The lowest BCUT2D eigenvalue weighted by Gasteiger charge is -2.14. The predicted molar refractivity (Wildman–Crippen MR) is 73.7 cm³/mol. The monoisotopic (exact) mass is 318 g/mol. The van der Waals surface area contributed by atoms with E-state index in [4.69, 9.17) is 0 Å². The molecule has 0 fully saturated rings. The number of amides is 2. The van der Waals surface area contributed by atoms with E-state index in [1.54, 1.807) is 0 Å². The third kappa shape index (κ3) is 2.24. The first-order valence-electron chi connectivity index (χ1n) is 6.48. The minimum atomic E-state index is -1.17. The Bertz CT molecular complexity index is 867. The van der Waals surface area contributed by atoms with Gasteiger partial charge in [-0.25, -0.2) is 8.78 Å². The second-order valence-corrected chi connectivity index (χ2v) is 4.87. The first-order chi connectivity index (χ1) is 10.9. The molecule has 2 amide bonds. The molecule has 0 atom stereocenters. The molecular weight excluding hydrogens is 310 g/mol. The number of halogens is 2. The van der Waals surface area contributed by atoms with Gasteiger partial charge in [-0.15, -0.1) is 0 Å². The van der Waals surface area contributed by atoms with Crippen molar-refractivity contribution in [1.29, 1.82) is 0 Å². The van der Waals surface area contributed by atoms with E-state index >= 15 is 0 Å². The molecule has 0 aliphatic carbocycles. The summed E-state index contributed by atoms with van der Waals surface area (Å²) in [4.78, 5) is 35.5. The summed E-state index contributed by atoms with van der Waals surface area (Å²) in [6.07, 6.45) is 0. The third-order valence-electron chi connectivity index (χ3n) is 3.53. The molecule has 8 heteroatoms. The summed E-state index contributed by atoms with van der Waals surface area (Å²) in [6, 6.07) is 7.06. The van der Waals surface area contributed by atoms with Crippen LogP contribution >= 0.6 is 0 Å². The summed E-state index contributed by atoms with van der Waals surface area (Å²) < 4.78 is 26.9. The quantitative estimate of drug-likeness (QED) is 0.495. The fourth-order valence-electron chi connectivity index (χ4n) is 2.45. The third-order valence-corrected chi connectivity index (χ3v) is 3.53. The zero-order valence-corrected chi connectivity index (χ0v) is 11.5. The zero-order chi connectivity index (χ0) is 16.7. The van der Waals surface area contributed by atoms with Gasteiger partial charge in [0.1, 0.15) is 5.56 Å². The van der Waals surface area contributed by atoms with Gasteiger partial charge < -0.3 is 0 Å². The van der Waals surface area contributed by atoms with Crippen LogP contribution in [0.3, 0.4) is 0 Å². The number of benzene rings is 2. The topological polar surface area (TPSA) is 80.5 Å². The van der Waals surface area contributed by atoms with Gasteiger partial charge in [0.2, 0.25) is 0 Å². The van der Waals surface area contributed by atoms with Crippen molar-refractivity contribution < 1.29 is 23.3 Å². The molecule has 0 aromatic heterocycles. The van der Waals surface area contributed by atoms with Gasteiger partial charge in [0.05, 0.1) is 17.0 Å². The standard InChI is InChI=1S/C15H8F2N2O4/c16-10-5-1-3-8(13(10)17)7-18-14(20)9-4-2-6-11(19(22)23)12(9)15(18)21/h1-6H,7H2. The first kappa shape index (κ1) is 14.8. The Morgan fingerprint density at radius 1 is 1.04 bits per heavy atom. The number of nitrogens with zero attached hydrogens (tertiary/aromatic N) is 2. The SMILES string of the molecule is O=C1c2cccc([N+](=O)[O-])c2C(=O)N1Cc1cccc(F)c1F. The Balaban J connectivity index is 2.03. The first-order valence-corrected chi connectivity index (χ1v) is 6.48. The van der Waals surface area contributed by atoms with Crippen LogP contribution in [0.5, 0.6) is 0 Å². The highest BCUT2D eigenvalue weighted by Gasteiger charge is 2.41. The van der Waals surface area contributed by atoms with Gasteiger partial charge in [-0.05, 0) is 12.1 Å². The van der Waals surface area contributed by atoms with E-state index in [1.807, 2.05) is 0 Å². The number of imide groups is 1. The van der Waals surface area contributed by atoms with Crippen LogP contribution in [-0.2, 0) is 6.54 Å². The highest BCUT2D eigenvalue weighted by molar-refractivity contribution is 6.23. The lowest BCUT2D eigenvalue weighted by atomic mass is 10.1. The lowest BCUT2D eigenvalue weighted by molar-refractivity contribution is -0.385. The van der Waals surface area contributed by atoms with Crippen molar-refractivity contribution in [3.63, 3.8) is 0 Å². The molecule has 0 spiro atoms. The molecule has 1 aliphatic heterocycles. The van der Waals surface area contributed by atoms with Crippen LogP contribution in [0.1, 0.15) is 26.3 Å². The Morgan fingerprint density at radius 3 is 2.43 bits per heavy atom. The van der Waals surface area contributed by atoms with E-state index in [0.717, 1.165) is 12.1 Å². The van der Waals surface area contributed by atoms with Crippen LogP contribution in [0.2, 0.25) is 0 Å². The van der Waals surface area contributed by atoms with E-state index in [2.05, 4.69) is 0 Å². The van der Waals surface area contributed by atoms with E-state index in [0.29, 0.717) is 4.90 Å². The summed E-state index contributed by atoms with van der Waals surface area (Å²) in [5.74, 6) is -3.96. The average Bonchev–Trinajstić information content (AvgIpc) is 2.76. The molecule has 116 valence electrons. The molecule has 23 heavy (non-hydrogen) atoms. The lowest BCUT2D eigenvalue weighted by Crippen LogP contribution is -2.29. The molecule has 3 rings (SSSR count). The minimum absolute atomic E-state index is 0.124. The number of carbonyl (C=O) groups excluding carboxylic acids is 2. The highest BCUT2D eigenvalue weighted by atomic mass is 19.2. The van der Waals surface area contributed by atoms with E-state index in [-0.39, 0.29) is 16.7 Å². The van der Waals surface area contributed by atoms with E-state index < -0.39 is 40.6 Å². The van der Waals surface area contributed by atoms with Crippen molar-refractivity contribution >= 4 is 17.5 Å². The van der Waals surface area contributed by atoms with Crippen LogP contribution < -0.4 is 0 Å². The van der Waals surface area contributed by atoms with Gasteiger partial charge in [-0.2, -0.15) is 0 Å². The number of nitro groups is 1. The van der Waals surface area contributed by atoms with E-state index in [1.165, 1.54) is 24.3 Å². The number of hydrogen-bond acceptors (Lipinski definition) is 4. The maximum absolute atomic E-state index is 13.7. The van der Waals surface area contributed by atoms with Gasteiger partial charge in [0, 0.05) is 11.6 Å². The van der Waals surface area contributed by atoms with Gasteiger partial charge in [-0.1, -0.05) is 18.2 Å². The van der Waals surface area contributed by atoms with Crippen LogP contribution in [0.25, 0.3) is 0 Å². The summed E-state index contributed by atoms with van der Waals surface area (Å²) >= 11 is 0. The number of fused-ring (bicyclic) bond motifs is 1. The van der Waals surface area contributed by atoms with Gasteiger partial charge in [0.15, 0.2) is 11.6 Å². The smallest absolute Gasteiger partial charge is 0.270 e. The largest absolute Gasteiger partial charge is 0.282 e. The molecule has 6 nitrogen and oxygen atoms in total. The molecule has 1 aliphatic rings. The van der Waals surface area contributed by atoms with Crippen molar-refractivity contribution in [2.75, 3.05) is 0 Å². The summed E-state index contributed by atoms with van der Waals surface area (Å²) in [6.45, 7) is -0.507. The fraction of sp³-hybridized carbons (Fsp3) is 0.0667. The molecule has 0 bridgehead atoms. The molecule has 0 N–H and O–H groups in total. The Kier molecular flexibility index (Phi) is 3.36. The van der Waals surface area contributed by atoms with Crippen LogP contribution in [-0.4, -0.2) is 21.6 Å². The normalized spacial score (nSPS) is 13.4. The van der Waals surface area contributed by atoms with Crippen molar-refractivity contribution in [2.45, 2.75) is 6.54 Å². The predicted octanol–water partition coefficient (Wildman–Crippen LogP) is 2.67. The van der Waals surface area contributed by atoms with Gasteiger partial charge >= 0.3 is 0 Å². The van der Waals surface area contributed by atoms with Crippen LogP contribution in [0, 0.1) is 21.7 Å². The molecule has 2 aromatic rings. The number of nitro benzene ring substituents is 1. The zero-order valence-electron chi connectivity index (χ0n) is 11.5. The molecule has 0 saturated heterocycles. The number of carbonyl (C=O) groups is 2.